The Morgan fingerprint density at radius 1 is 1.20 bits per heavy atom. The number of hydrogen-bond donors (Lipinski definition) is 0. The molecule has 0 saturated heterocycles. The van der Waals surface area contributed by atoms with E-state index in [2.05, 4.69) is 11.3 Å². The summed E-state index contributed by atoms with van der Waals surface area (Å²) in [6, 6.07) is 5.22. The van der Waals surface area contributed by atoms with Gasteiger partial charge in [-0.1, -0.05) is 24.8 Å². The van der Waals surface area contributed by atoms with Crippen molar-refractivity contribution < 1.29 is 22.3 Å². The highest BCUT2D eigenvalue weighted by Crippen LogP contribution is 2.27. The van der Waals surface area contributed by atoms with Gasteiger partial charge < -0.3 is 4.74 Å². The summed E-state index contributed by atoms with van der Waals surface area (Å²) in [4.78, 5) is 0. The van der Waals surface area contributed by atoms with Crippen LogP contribution in [0.4, 0.5) is 17.6 Å². The second kappa shape index (κ2) is 4.33. The highest BCUT2D eigenvalue weighted by Gasteiger charge is 2.43. The molecular formula is C10H8F4O. The van der Waals surface area contributed by atoms with E-state index < -0.39 is 12.5 Å². The molecule has 5 heteroatoms. The summed E-state index contributed by atoms with van der Waals surface area (Å²) in [7, 11) is 0. The summed E-state index contributed by atoms with van der Waals surface area (Å²) in [6.45, 7) is 3.45. The number of ether oxygens (including phenoxy) is 1. The molecule has 0 aromatic heterocycles. The fraction of sp³-hybridized carbons (Fsp3) is 0.200. The minimum atomic E-state index is -4.46. The van der Waals surface area contributed by atoms with Gasteiger partial charge in [0.15, 0.2) is 0 Å². The fourth-order valence-electron chi connectivity index (χ4n) is 0.874. The maximum atomic E-state index is 12.4. The van der Waals surface area contributed by atoms with Crippen LogP contribution in [0.5, 0.6) is 5.75 Å². The summed E-state index contributed by atoms with van der Waals surface area (Å²) in [5.41, 5.74) is 0.683. The SMILES string of the molecule is C=Cc1ccc(OC(F)(F)C(F)F)cc1. The molecule has 0 aliphatic rings. The lowest BCUT2D eigenvalue weighted by Crippen LogP contribution is -2.33. The molecule has 0 N–H and O–H groups in total. The third kappa shape index (κ3) is 2.97. The zero-order chi connectivity index (χ0) is 11.5. The molecule has 0 bridgehead atoms. The average molecular weight is 220 g/mol. The van der Waals surface area contributed by atoms with Crippen molar-refractivity contribution in [1.82, 2.24) is 0 Å². The third-order valence-corrected chi connectivity index (χ3v) is 1.62. The molecule has 0 spiro atoms. The normalized spacial score (nSPS) is 11.5. The van der Waals surface area contributed by atoms with E-state index in [1.54, 1.807) is 0 Å². The average Bonchev–Trinajstić information content (AvgIpc) is 2.18. The molecule has 0 aliphatic heterocycles. The van der Waals surface area contributed by atoms with Crippen LogP contribution < -0.4 is 4.74 Å². The van der Waals surface area contributed by atoms with E-state index in [-0.39, 0.29) is 5.75 Å². The highest BCUT2D eigenvalue weighted by molar-refractivity contribution is 5.48. The first-order valence-electron chi connectivity index (χ1n) is 4.03. The summed E-state index contributed by atoms with van der Waals surface area (Å²) >= 11 is 0. The van der Waals surface area contributed by atoms with Crippen LogP contribution in [0.25, 0.3) is 6.08 Å². The van der Waals surface area contributed by atoms with Crippen LogP contribution in [0.1, 0.15) is 5.56 Å². The highest BCUT2D eigenvalue weighted by atomic mass is 19.3. The van der Waals surface area contributed by atoms with Crippen LogP contribution >= 0.6 is 0 Å². The first kappa shape index (κ1) is 11.6. The van der Waals surface area contributed by atoms with Gasteiger partial charge in [-0.25, -0.2) is 0 Å². The largest absolute Gasteiger partial charge is 0.461 e. The van der Waals surface area contributed by atoms with E-state index in [0.29, 0.717) is 5.56 Å². The smallest absolute Gasteiger partial charge is 0.428 e. The topological polar surface area (TPSA) is 9.23 Å². The van der Waals surface area contributed by atoms with E-state index >= 15 is 0 Å². The van der Waals surface area contributed by atoms with Crippen LogP contribution in [-0.4, -0.2) is 12.5 Å². The molecular weight excluding hydrogens is 212 g/mol. The summed E-state index contributed by atoms with van der Waals surface area (Å²) in [6.07, 6.45) is -6.82. The second-order valence-electron chi connectivity index (χ2n) is 2.74. The van der Waals surface area contributed by atoms with E-state index in [0.717, 1.165) is 0 Å². The Balaban J connectivity index is 2.77. The quantitative estimate of drug-likeness (QED) is 0.705. The first-order valence-corrected chi connectivity index (χ1v) is 4.03. The van der Waals surface area contributed by atoms with Crippen molar-refractivity contribution in [3.05, 3.63) is 36.4 Å². The van der Waals surface area contributed by atoms with E-state index in [9.17, 15) is 17.6 Å². The molecule has 0 amide bonds. The van der Waals surface area contributed by atoms with Crippen molar-refractivity contribution in [3.8, 4) is 5.75 Å². The molecule has 0 atom stereocenters. The number of hydrogen-bond acceptors (Lipinski definition) is 1. The maximum Gasteiger partial charge on any atom is 0.461 e. The molecule has 0 radical (unpaired) electrons. The van der Waals surface area contributed by atoms with Gasteiger partial charge in [0, 0.05) is 0 Å². The molecule has 82 valence electrons. The molecule has 1 nitrogen and oxygen atoms in total. The van der Waals surface area contributed by atoms with Gasteiger partial charge in [-0.2, -0.15) is 17.6 Å². The molecule has 1 rings (SSSR count). The Kier molecular flexibility index (Phi) is 3.34. The number of alkyl halides is 4. The molecule has 0 saturated carbocycles. The maximum absolute atomic E-state index is 12.4. The van der Waals surface area contributed by atoms with Gasteiger partial charge in [-0.15, -0.1) is 0 Å². The lowest BCUT2D eigenvalue weighted by Gasteiger charge is -2.16. The molecule has 0 heterocycles. The van der Waals surface area contributed by atoms with Gasteiger partial charge in [0.2, 0.25) is 0 Å². The molecule has 15 heavy (non-hydrogen) atoms. The number of rotatable bonds is 4. The lowest BCUT2D eigenvalue weighted by molar-refractivity contribution is -0.253. The fourth-order valence-corrected chi connectivity index (χ4v) is 0.874. The van der Waals surface area contributed by atoms with Crippen molar-refractivity contribution in [3.63, 3.8) is 0 Å². The minimum absolute atomic E-state index is 0.314. The Morgan fingerprint density at radius 2 is 1.73 bits per heavy atom. The van der Waals surface area contributed by atoms with Crippen LogP contribution in [-0.2, 0) is 0 Å². The third-order valence-electron chi connectivity index (χ3n) is 1.62. The zero-order valence-corrected chi connectivity index (χ0v) is 7.59. The summed E-state index contributed by atoms with van der Waals surface area (Å²) in [5.74, 6) is -0.314. The number of halogens is 4. The standard InChI is InChI=1S/C10H8F4O/c1-2-7-3-5-8(6-4-7)15-10(13,14)9(11)12/h2-6,9H,1H2. The predicted molar refractivity (Wildman–Crippen MR) is 48.1 cm³/mol. The van der Waals surface area contributed by atoms with Gasteiger partial charge in [0.05, 0.1) is 0 Å². The molecule has 0 fully saturated rings. The van der Waals surface area contributed by atoms with Crippen molar-refractivity contribution >= 4 is 6.08 Å². The Labute approximate surface area is 84.0 Å². The van der Waals surface area contributed by atoms with Gasteiger partial charge >= 0.3 is 12.5 Å². The molecule has 0 unspecified atom stereocenters. The Hall–Kier alpha value is -1.52. The van der Waals surface area contributed by atoms with Crippen LogP contribution in [0, 0.1) is 0 Å². The Morgan fingerprint density at radius 3 is 2.13 bits per heavy atom. The van der Waals surface area contributed by atoms with Crippen molar-refractivity contribution in [2.45, 2.75) is 12.5 Å². The molecule has 1 aromatic rings. The predicted octanol–water partition coefficient (Wildman–Crippen LogP) is 3.57. The zero-order valence-electron chi connectivity index (χ0n) is 7.59. The van der Waals surface area contributed by atoms with Crippen molar-refractivity contribution in [1.29, 1.82) is 0 Å². The van der Waals surface area contributed by atoms with Gasteiger partial charge in [-0.05, 0) is 17.7 Å². The lowest BCUT2D eigenvalue weighted by atomic mass is 10.2. The van der Waals surface area contributed by atoms with E-state index in [1.165, 1.54) is 30.3 Å². The minimum Gasteiger partial charge on any atom is -0.428 e. The van der Waals surface area contributed by atoms with Gasteiger partial charge in [0.25, 0.3) is 0 Å². The second-order valence-corrected chi connectivity index (χ2v) is 2.74. The summed E-state index contributed by atoms with van der Waals surface area (Å²) in [5, 5.41) is 0. The van der Waals surface area contributed by atoms with Gasteiger partial charge in [0.1, 0.15) is 5.75 Å². The van der Waals surface area contributed by atoms with Crippen molar-refractivity contribution in [2.75, 3.05) is 0 Å². The van der Waals surface area contributed by atoms with E-state index in [1.807, 2.05) is 0 Å². The Bertz CT molecular complexity index is 332. The van der Waals surface area contributed by atoms with Crippen LogP contribution in [0.3, 0.4) is 0 Å². The van der Waals surface area contributed by atoms with Crippen LogP contribution in [0.15, 0.2) is 30.8 Å². The molecule has 0 aliphatic carbocycles. The summed E-state index contributed by atoms with van der Waals surface area (Å²) < 4.78 is 52.2. The monoisotopic (exact) mass is 220 g/mol. The molecule has 1 aromatic carbocycles. The number of benzene rings is 1. The van der Waals surface area contributed by atoms with E-state index in [4.69, 9.17) is 0 Å². The first-order chi connectivity index (χ1) is 6.95. The van der Waals surface area contributed by atoms with Crippen molar-refractivity contribution in [2.24, 2.45) is 0 Å². The van der Waals surface area contributed by atoms with Crippen LogP contribution in [0.2, 0.25) is 0 Å². The van der Waals surface area contributed by atoms with Gasteiger partial charge in [-0.3, -0.25) is 0 Å².